The van der Waals surface area contributed by atoms with Gasteiger partial charge >= 0.3 is 0 Å². The molecule has 7 aromatic heterocycles. The van der Waals surface area contributed by atoms with Crippen LogP contribution in [0.15, 0.2) is 206 Å². The summed E-state index contributed by atoms with van der Waals surface area (Å²) in [6, 6.07) is 56.6. The molecule has 0 aliphatic carbocycles. The van der Waals surface area contributed by atoms with Crippen LogP contribution >= 0.6 is 0 Å². The molecule has 11 aromatic rings. The first-order chi connectivity index (χ1) is 30.6. The molecule has 8 heteroatoms. The number of aliphatic imine (C=N–C) groups is 1. The van der Waals surface area contributed by atoms with Gasteiger partial charge in [0.25, 0.3) is 0 Å². The van der Waals surface area contributed by atoms with Gasteiger partial charge in [0.05, 0.1) is 44.5 Å². The van der Waals surface area contributed by atoms with Crippen LogP contribution in [0.1, 0.15) is 13.8 Å². The number of pyridine rings is 5. The summed E-state index contributed by atoms with van der Waals surface area (Å²) in [4.78, 5) is 28.3. The Morgan fingerprint density at radius 1 is 0.468 bits per heavy atom. The van der Waals surface area contributed by atoms with Crippen LogP contribution in [-0.2, 0) is 0 Å². The van der Waals surface area contributed by atoms with Gasteiger partial charge < -0.3 is 0 Å². The van der Waals surface area contributed by atoms with Crippen molar-refractivity contribution in [3.8, 4) is 56.4 Å². The molecule has 296 valence electrons. The van der Waals surface area contributed by atoms with E-state index in [1.807, 2.05) is 75.0 Å². The average molecular weight is 801 g/mol. The van der Waals surface area contributed by atoms with Crippen molar-refractivity contribution >= 4 is 50.1 Å². The highest BCUT2D eigenvalue weighted by Crippen LogP contribution is 2.39. The molecular formula is C54H40N8. The number of allylic oxidation sites excluding steroid dienone is 1. The summed E-state index contributed by atoms with van der Waals surface area (Å²) < 4.78 is 4.43. The van der Waals surface area contributed by atoms with Crippen molar-refractivity contribution in [3.05, 3.63) is 201 Å². The minimum atomic E-state index is 0.803. The fourth-order valence-corrected chi connectivity index (χ4v) is 8.34. The molecule has 8 nitrogen and oxygen atoms in total. The minimum absolute atomic E-state index is 0.803. The van der Waals surface area contributed by atoms with Crippen molar-refractivity contribution in [2.45, 2.75) is 13.8 Å². The van der Waals surface area contributed by atoms with E-state index in [0.29, 0.717) is 0 Å². The SMILES string of the molecule is C=C(C)N=CC.c1ccc(-c2ccccc2-c2ccc3c(c2)c2ncccc2n3-c2cccc(-n3c4ccc(-c5ccccc5-c5ccccn5)cc4c4ncccc43)n2)nc1. The number of fused-ring (bicyclic) bond motifs is 6. The minimum Gasteiger partial charge on any atom is -0.292 e. The normalized spacial score (nSPS) is 11.4. The van der Waals surface area contributed by atoms with Crippen LogP contribution in [0, 0.1) is 0 Å². The molecule has 0 spiro atoms. The molecule has 0 saturated carbocycles. The van der Waals surface area contributed by atoms with Crippen molar-refractivity contribution in [1.29, 1.82) is 0 Å². The van der Waals surface area contributed by atoms with Crippen LogP contribution in [0.5, 0.6) is 0 Å². The molecule has 0 amide bonds. The van der Waals surface area contributed by atoms with Crippen LogP contribution in [0.25, 0.3) is 100 Å². The summed E-state index contributed by atoms with van der Waals surface area (Å²) in [5, 5.41) is 2.11. The van der Waals surface area contributed by atoms with E-state index in [9.17, 15) is 0 Å². The molecule has 0 unspecified atom stereocenters. The molecule has 0 fully saturated rings. The lowest BCUT2D eigenvalue weighted by molar-refractivity contribution is 1.01. The van der Waals surface area contributed by atoms with Crippen molar-refractivity contribution in [2.75, 3.05) is 0 Å². The largest absolute Gasteiger partial charge is 0.292 e. The molecule has 0 radical (unpaired) electrons. The van der Waals surface area contributed by atoms with Gasteiger partial charge in [0, 0.05) is 58.6 Å². The second-order valence-electron chi connectivity index (χ2n) is 14.9. The quantitative estimate of drug-likeness (QED) is 0.150. The summed E-state index contributed by atoms with van der Waals surface area (Å²) in [5.74, 6) is 1.61. The zero-order valence-corrected chi connectivity index (χ0v) is 34.3. The van der Waals surface area contributed by atoms with Crippen LogP contribution < -0.4 is 0 Å². The third-order valence-electron chi connectivity index (χ3n) is 10.9. The van der Waals surface area contributed by atoms with E-state index in [1.165, 1.54) is 0 Å². The molecule has 0 bridgehead atoms. The summed E-state index contributed by atoms with van der Waals surface area (Å²) in [6.45, 7) is 7.28. The zero-order chi connectivity index (χ0) is 42.0. The Bertz CT molecular complexity index is 3240. The second kappa shape index (κ2) is 16.4. The van der Waals surface area contributed by atoms with E-state index in [-0.39, 0.29) is 0 Å². The predicted octanol–water partition coefficient (Wildman–Crippen LogP) is 13.1. The number of benzene rings is 4. The number of nitrogens with zero attached hydrogens (tertiary/aromatic N) is 8. The number of rotatable bonds is 7. The summed E-state index contributed by atoms with van der Waals surface area (Å²) >= 11 is 0. The third kappa shape index (κ3) is 6.89. The third-order valence-corrected chi connectivity index (χ3v) is 10.9. The molecular weight excluding hydrogens is 761 g/mol. The molecule has 0 saturated heterocycles. The molecule has 0 N–H and O–H groups in total. The Morgan fingerprint density at radius 3 is 1.34 bits per heavy atom. The fraction of sp³-hybridized carbons (Fsp3) is 0.0370. The molecule has 11 rings (SSSR count). The second-order valence-corrected chi connectivity index (χ2v) is 14.9. The van der Waals surface area contributed by atoms with Gasteiger partial charge in [0.15, 0.2) is 0 Å². The molecule has 7 heterocycles. The average Bonchev–Trinajstić information content (AvgIpc) is 3.84. The maximum Gasteiger partial charge on any atom is 0.140 e. The lowest BCUT2D eigenvalue weighted by Crippen LogP contribution is -2.03. The van der Waals surface area contributed by atoms with Gasteiger partial charge in [-0.3, -0.25) is 34.1 Å². The van der Waals surface area contributed by atoms with Gasteiger partial charge in [0.1, 0.15) is 11.6 Å². The van der Waals surface area contributed by atoms with E-state index >= 15 is 0 Å². The monoisotopic (exact) mass is 800 g/mol. The highest BCUT2D eigenvalue weighted by molar-refractivity contribution is 6.10. The van der Waals surface area contributed by atoms with Gasteiger partial charge in [-0.2, -0.15) is 0 Å². The Balaban J connectivity index is 0.000000716. The first-order valence-corrected chi connectivity index (χ1v) is 20.5. The summed E-state index contributed by atoms with van der Waals surface area (Å²) in [7, 11) is 0. The Kier molecular flexibility index (Phi) is 9.99. The van der Waals surface area contributed by atoms with Crippen LogP contribution in [0.4, 0.5) is 0 Å². The van der Waals surface area contributed by atoms with Crippen LogP contribution in [0.2, 0.25) is 0 Å². The molecule has 0 atom stereocenters. The Morgan fingerprint density at radius 2 is 0.919 bits per heavy atom. The summed E-state index contributed by atoms with van der Waals surface area (Å²) in [6.07, 6.45) is 9.12. The lowest BCUT2D eigenvalue weighted by Gasteiger charge is -2.12. The zero-order valence-electron chi connectivity index (χ0n) is 34.3. The Hall–Kier alpha value is -8.36. The van der Waals surface area contributed by atoms with Crippen molar-refractivity contribution < 1.29 is 0 Å². The van der Waals surface area contributed by atoms with E-state index < -0.39 is 0 Å². The van der Waals surface area contributed by atoms with Gasteiger partial charge in [-0.1, -0.05) is 85.4 Å². The smallest absolute Gasteiger partial charge is 0.140 e. The Labute approximate surface area is 358 Å². The molecule has 4 aromatic carbocycles. The van der Waals surface area contributed by atoms with E-state index in [0.717, 1.165) is 106 Å². The van der Waals surface area contributed by atoms with E-state index in [4.69, 9.17) is 15.0 Å². The standard InChI is InChI=1S/C49H31N7.C5H9N/c1-3-14-36(40-16-5-7-26-50-40)34(12-1)32-22-24-42-38(30-32)48-44(18-10-28-52-48)55(42)46-20-9-21-47(54-46)56-43-25-23-33(31-39(43)49-45(56)19-11-29-53-49)35-13-2-4-15-37(35)41-17-6-8-27-51-41;1-4-6-5(2)3/h1-31H;4H,2H2,1,3H3. The van der Waals surface area contributed by atoms with Gasteiger partial charge in [0.2, 0.25) is 0 Å². The van der Waals surface area contributed by atoms with Crippen LogP contribution in [-0.4, -0.2) is 40.3 Å². The van der Waals surface area contributed by atoms with E-state index in [1.54, 1.807) is 6.21 Å². The van der Waals surface area contributed by atoms with E-state index in [2.05, 4.69) is 158 Å². The van der Waals surface area contributed by atoms with Gasteiger partial charge in [-0.05, 0) is 121 Å². The molecule has 0 aliphatic rings. The van der Waals surface area contributed by atoms with Crippen molar-refractivity contribution in [2.24, 2.45) is 4.99 Å². The highest BCUT2D eigenvalue weighted by atomic mass is 15.1. The van der Waals surface area contributed by atoms with Gasteiger partial charge in [-0.15, -0.1) is 0 Å². The number of hydrogen-bond donors (Lipinski definition) is 0. The topological polar surface area (TPSA) is 86.7 Å². The molecule has 0 aliphatic heterocycles. The predicted molar refractivity (Wildman–Crippen MR) is 255 cm³/mol. The molecule has 62 heavy (non-hydrogen) atoms. The maximum absolute atomic E-state index is 5.38. The highest BCUT2D eigenvalue weighted by Gasteiger charge is 2.20. The van der Waals surface area contributed by atoms with Gasteiger partial charge in [-0.25, -0.2) is 4.98 Å². The number of aromatic nitrogens is 7. The first-order valence-electron chi connectivity index (χ1n) is 20.5. The number of hydrogen-bond acceptors (Lipinski definition) is 6. The fourth-order valence-electron chi connectivity index (χ4n) is 8.34. The summed E-state index contributed by atoms with van der Waals surface area (Å²) in [5.41, 5.74) is 15.2. The lowest BCUT2D eigenvalue weighted by atomic mass is 9.96. The van der Waals surface area contributed by atoms with Crippen LogP contribution in [0.3, 0.4) is 0 Å². The van der Waals surface area contributed by atoms with Crippen molar-refractivity contribution in [1.82, 2.24) is 34.1 Å². The first kappa shape index (κ1) is 37.9. The van der Waals surface area contributed by atoms with Crippen molar-refractivity contribution in [3.63, 3.8) is 0 Å². The maximum atomic E-state index is 5.38.